The van der Waals surface area contributed by atoms with Gasteiger partial charge in [0, 0.05) is 43.2 Å². The molecule has 0 radical (unpaired) electrons. The first-order chi connectivity index (χ1) is 12.7. The van der Waals surface area contributed by atoms with Crippen LogP contribution in [0.25, 0.3) is 0 Å². The standard InChI is InChI=1S/C21H26N2O2S/c1-3-26-16-17-4-6-18(7-5-17)21(24)23-14-12-22(13-15-23)19-8-10-20(25-2)11-9-19/h4-11H,3,12-16H2,1-2H3. The largest absolute Gasteiger partial charge is 0.497 e. The maximum atomic E-state index is 12.7. The molecule has 1 aliphatic rings. The molecule has 2 aromatic rings. The van der Waals surface area contributed by atoms with Crippen molar-refractivity contribution in [2.75, 3.05) is 43.9 Å². The molecule has 0 unspecified atom stereocenters. The lowest BCUT2D eigenvalue weighted by Gasteiger charge is -2.36. The summed E-state index contributed by atoms with van der Waals surface area (Å²) in [5, 5.41) is 0. The molecule has 0 aliphatic carbocycles. The van der Waals surface area contributed by atoms with Gasteiger partial charge >= 0.3 is 0 Å². The predicted molar refractivity (Wildman–Crippen MR) is 109 cm³/mol. The molecule has 1 heterocycles. The number of hydrogen-bond acceptors (Lipinski definition) is 4. The lowest BCUT2D eigenvalue weighted by Crippen LogP contribution is -2.48. The van der Waals surface area contributed by atoms with Crippen molar-refractivity contribution in [3.63, 3.8) is 0 Å². The molecule has 1 fully saturated rings. The molecular weight excluding hydrogens is 344 g/mol. The molecule has 0 N–H and O–H groups in total. The Kier molecular flexibility index (Phi) is 6.45. The molecule has 5 heteroatoms. The van der Waals surface area contributed by atoms with Gasteiger partial charge < -0.3 is 14.5 Å². The minimum Gasteiger partial charge on any atom is -0.497 e. The van der Waals surface area contributed by atoms with Crippen molar-refractivity contribution in [1.29, 1.82) is 0 Å². The first-order valence-corrected chi connectivity index (χ1v) is 10.2. The van der Waals surface area contributed by atoms with E-state index in [1.54, 1.807) is 7.11 Å². The molecule has 1 amide bonds. The van der Waals surface area contributed by atoms with E-state index in [0.717, 1.165) is 49.0 Å². The highest BCUT2D eigenvalue weighted by Crippen LogP contribution is 2.21. The van der Waals surface area contributed by atoms with E-state index in [9.17, 15) is 4.79 Å². The quantitative estimate of drug-likeness (QED) is 0.772. The lowest BCUT2D eigenvalue weighted by molar-refractivity contribution is 0.0747. The molecule has 26 heavy (non-hydrogen) atoms. The molecule has 0 atom stereocenters. The number of amides is 1. The summed E-state index contributed by atoms with van der Waals surface area (Å²) in [4.78, 5) is 17.0. The number of piperazine rings is 1. The maximum Gasteiger partial charge on any atom is 0.253 e. The Hall–Kier alpha value is -2.14. The average molecular weight is 371 g/mol. The molecule has 2 aromatic carbocycles. The van der Waals surface area contributed by atoms with Gasteiger partial charge in [0.05, 0.1) is 7.11 Å². The van der Waals surface area contributed by atoms with Crippen LogP contribution in [0, 0.1) is 0 Å². The molecule has 0 spiro atoms. The Morgan fingerprint density at radius 3 is 2.23 bits per heavy atom. The fourth-order valence-corrected chi connectivity index (χ4v) is 3.74. The summed E-state index contributed by atoms with van der Waals surface area (Å²) in [7, 11) is 1.68. The number of anilines is 1. The van der Waals surface area contributed by atoms with E-state index in [2.05, 4.69) is 36.1 Å². The fraction of sp³-hybridized carbons (Fsp3) is 0.381. The molecule has 0 saturated carbocycles. The van der Waals surface area contributed by atoms with Gasteiger partial charge in [0.1, 0.15) is 5.75 Å². The second kappa shape index (κ2) is 8.99. The minimum absolute atomic E-state index is 0.133. The summed E-state index contributed by atoms with van der Waals surface area (Å²) in [5.41, 5.74) is 3.24. The van der Waals surface area contributed by atoms with Gasteiger partial charge in [0.15, 0.2) is 0 Å². The van der Waals surface area contributed by atoms with Crippen LogP contribution in [0.4, 0.5) is 5.69 Å². The topological polar surface area (TPSA) is 32.8 Å². The number of thioether (sulfide) groups is 1. The third-order valence-corrected chi connectivity index (χ3v) is 5.62. The molecular formula is C21H26N2O2S. The van der Waals surface area contributed by atoms with E-state index < -0.39 is 0 Å². The van der Waals surface area contributed by atoms with Crippen LogP contribution in [-0.4, -0.2) is 49.8 Å². The third-order valence-electron chi connectivity index (χ3n) is 4.68. The number of rotatable bonds is 6. The zero-order valence-electron chi connectivity index (χ0n) is 15.5. The van der Waals surface area contributed by atoms with Crippen molar-refractivity contribution < 1.29 is 9.53 Å². The second-order valence-corrected chi connectivity index (χ2v) is 7.59. The van der Waals surface area contributed by atoms with E-state index in [1.807, 2.05) is 40.9 Å². The number of methoxy groups -OCH3 is 1. The molecule has 138 valence electrons. The molecule has 1 saturated heterocycles. The van der Waals surface area contributed by atoms with Crippen LogP contribution in [0.15, 0.2) is 48.5 Å². The summed E-state index contributed by atoms with van der Waals surface area (Å²) >= 11 is 1.90. The van der Waals surface area contributed by atoms with Crippen molar-refractivity contribution in [1.82, 2.24) is 4.90 Å². The van der Waals surface area contributed by atoms with Gasteiger partial charge in [-0.05, 0) is 47.7 Å². The van der Waals surface area contributed by atoms with Gasteiger partial charge in [-0.25, -0.2) is 0 Å². The summed E-state index contributed by atoms with van der Waals surface area (Å²) in [6.45, 7) is 5.36. The number of ether oxygens (including phenoxy) is 1. The van der Waals surface area contributed by atoms with Gasteiger partial charge in [-0.3, -0.25) is 4.79 Å². The summed E-state index contributed by atoms with van der Waals surface area (Å²) < 4.78 is 5.21. The molecule has 0 aromatic heterocycles. The highest BCUT2D eigenvalue weighted by Gasteiger charge is 2.22. The van der Waals surface area contributed by atoms with Gasteiger partial charge in [-0.15, -0.1) is 0 Å². The smallest absolute Gasteiger partial charge is 0.253 e. The van der Waals surface area contributed by atoms with Crippen LogP contribution in [-0.2, 0) is 5.75 Å². The summed E-state index contributed by atoms with van der Waals surface area (Å²) in [5.74, 6) is 3.11. The lowest BCUT2D eigenvalue weighted by atomic mass is 10.1. The fourth-order valence-electron chi connectivity index (χ4n) is 3.11. The Bertz CT molecular complexity index is 708. The van der Waals surface area contributed by atoms with Crippen LogP contribution in [0.3, 0.4) is 0 Å². The van der Waals surface area contributed by atoms with Crippen LogP contribution in [0.1, 0.15) is 22.8 Å². The number of hydrogen-bond donors (Lipinski definition) is 0. The first-order valence-electron chi connectivity index (χ1n) is 9.06. The Balaban J connectivity index is 1.55. The highest BCUT2D eigenvalue weighted by molar-refractivity contribution is 7.98. The van der Waals surface area contributed by atoms with E-state index in [4.69, 9.17) is 4.74 Å². The molecule has 1 aliphatic heterocycles. The van der Waals surface area contributed by atoms with Gasteiger partial charge in [-0.2, -0.15) is 11.8 Å². The van der Waals surface area contributed by atoms with Crippen molar-refractivity contribution >= 4 is 23.4 Å². The number of nitrogens with zero attached hydrogens (tertiary/aromatic N) is 2. The van der Waals surface area contributed by atoms with Gasteiger partial charge in [-0.1, -0.05) is 19.1 Å². The number of carbonyl (C=O) groups excluding carboxylic acids is 1. The summed E-state index contributed by atoms with van der Waals surface area (Å²) in [6, 6.07) is 16.2. The first kappa shape index (κ1) is 18.6. The Morgan fingerprint density at radius 1 is 1.00 bits per heavy atom. The SMILES string of the molecule is CCSCc1ccc(C(=O)N2CCN(c3ccc(OC)cc3)CC2)cc1. The maximum absolute atomic E-state index is 12.7. The predicted octanol–water partition coefficient (Wildman–Crippen LogP) is 3.91. The van der Waals surface area contributed by atoms with E-state index in [1.165, 1.54) is 11.3 Å². The highest BCUT2D eigenvalue weighted by atomic mass is 32.2. The van der Waals surface area contributed by atoms with Gasteiger partial charge in [0.2, 0.25) is 0 Å². The number of carbonyl (C=O) groups is 1. The van der Waals surface area contributed by atoms with Gasteiger partial charge in [0.25, 0.3) is 5.91 Å². The van der Waals surface area contributed by atoms with E-state index in [-0.39, 0.29) is 5.91 Å². The van der Waals surface area contributed by atoms with Crippen molar-refractivity contribution in [3.8, 4) is 5.75 Å². The zero-order valence-corrected chi connectivity index (χ0v) is 16.3. The van der Waals surface area contributed by atoms with Crippen LogP contribution >= 0.6 is 11.8 Å². The van der Waals surface area contributed by atoms with Crippen molar-refractivity contribution in [2.45, 2.75) is 12.7 Å². The van der Waals surface area contributed by atoms with Crippen LogP contribution in [0.2, 0.25) is 0 Å². The second-order valence-electron chi connectivity index (χ2n) is 6.31. The molecule has 0 bridgehead atoms. The van der Waals surface area contributed by atoms with Crippen molar-refractivity contribution in [3.05, 3.63) is 59.7 Å². The monoisotopic (exact) mass is 370 g/mol. The summed E-state index contributed by atoms with van der Waals surface area (Å²) in [6.07, 6.45) is 0. The third kappa shape index (κ3) is 4.52. The minimum atomic E-state index is 0.133. The van der Waals surface area contributed by atoms with Crippen LogP contribution < -0.4 is 9.64 Å². The Labute approximate surface area is 160 Å². The Morgan fingerprint density at radius 2 is 1.65 bits per heavy atom. The van der Waals surface area contributed by atoms with E-state index >= 15 is 0 Å². The molecule has 4 nitrogen and oxygen atoms in total. The van der Waals surface area contributed by atoms with Crippen molar-refractivity contribution in [2.24, 2.45) is 0 Å². The zero-order chi connectivity index (χ0) is 18.4. The average Bonchev–Trinajstić information content (AvgIpc) is 2.72. The van der Waals surface area contributed by atoms with E-state index in [0.29, 0.717) is 0 Å². The van der Waals surface area contributed by atoms with Crippen LogP contribution in [0.5, 0.6) is 5.75 Å². The molecule has 3 rings (SSSR count). The number of benzene rings is 2. The normalized spacial score (nSPS) is 14.4.